The number of rotatable bonds is 4. The van der Waals surface area contributed by atoms with Gasteiger partial charge in [-0.1, -0.05) is 11.6 Å². The minimum Gasteiger partial charge on any atom is -0.314 e. The zero-order valence-corrected chi connectivity index (χ0v) is 19.0. The predicted molar refractivity (Wildman–Crippen MR) is 127 cm³/mol. The number of hydrogen-bond acceptors (Lipinski definition) is 3. The fourth-order valence-corrected chi connectivity index (χ4v) is 5.53. The summed E-state index contributed by atoms with van der Waals surface area (Å²) >= 11 is 5.95. The van der Waals surface area contributed by atoms with Gasteiger partial charge in [0.1, 0.15) is 5.82 Å². The van der Waals surface area contributed by atoms with Gasteiger partial charge in [0.15, 0.2) is 0 Å². The van der Waals surface area contributed by atoms with E-state index in [2.05, 4.69) is 16.0 Å². The molecule has 32 heavy (non-hydrogen) atoms. The Bertz CT molecular complexity index is 1130. The number of pyridine rings is 1. The van der Waals surface area contributed by atoms with Crippen molar-refractivity contribution >= 4 is 34.1 Å². The van der Waals surface area contributed by atoms with E-state index in [9.17, 15) is 9.18 Å². The van der Waals surface area contributed by atoms with Gasteiger partial charge in [-0.25, -0.2) is 4.39 Å². The summed E-state index contributed by atoms with van der Waals surface area (Å²) in [4.78, 5) is 21.1. The number of fused-ring (bicyclic) bond motifs is 1. The van der Waals surface area contributed by atoms with E-state index in [0.29, 0.717) is 22.9 Å². The molecule has 166 valence electrons. The van der Waals surface area contributed by atoms with Crippen LogP contribution in [0.3, 0.4) is 0 Å². The monoisotopic (exact) mass is 451 g/mol. The lowest BCUT2D eigenvalue weighted by Crippen LogP contribution is -2.49. The highest BCUT2D eigenvalue weighted by atomic mass is 35.5. The molecule has 1 aromatic heterocycles. The Labute approximate surface area is 193 Å². The first-order valence-corrected chi connectivity index (χ1v) is 11.6. The van der Waals surface area contributed by atoms with Crippen molar-refractivity contribution in [3.05, 3.63) is 71.1 Å². The molecule has 0 N–H and O–H groups in total. The summed E-state index contributed by atoms with van der Waals surface area (Å²) in [6.07, 6.45) is 6.33. The molecule has 1 saturated heterocycles. The minimum absolute atomic E-state index is 0.0973. The minimum atomic E-state index is -0.206. The summed E-state index contributed by atoms with van der Waals surface area (Å²) in [5.41, 5.74) is 3.30. The molecular weight excluding hydrogens is 425 g/mol. The van der Waals surface area contributed by atoms with Gasteiger partial charge in [0.25, 0.3) is 0 Å². The molecule has 2 heterocycles. The van der Waals surface area contributed by atoms with Crippen LogP contribution in [-0.4, -0.2) is 42.5 Å². The SMILES string of the molecule is CN(C(=O)CN1CCC2(CC1)CC(c1ccnc3ccc(F)cc13)C2)c1ccc(Cl)cc1. The third-order valence-corrected chi connectivity index (χ3v) is 7.65. The number of likely N-dealkylation sites (tertiary alicyclic amines) is 1. The molecule has 5 rings (SSSR count). The fourth-order valence-electron chi connectivity index (χ4n) is 5.40. The van der Waals surface area contributed by atoms with Crippen LogP contribution in [0.25, 0.3) is 10.9 Å². The summed E-state index contributed by atoms with van der Waals surface area (Å²) in [5.74, 6) is 0.355. The molecule has 1 spiro atoms. The second-order valence-electron chi connectivity index (χ2n) is 9.37. The largest absolute Gasteiger partial charge is 0.314 e. The van der Waals surface area contributed by atoms with Crippen LogP contribution in [0, 0.1) is 11.2 Å². The van der Waals surface area contributed by atoms with Crippen LogP contribution in [0.15, 0.2) is 54.7 Å². The van der Waals surface area contributed by atoms with E-state index in [1.54, 1.807) is 29.2 Å². The number of hydrogen-bond donors (Lipinski definition) is 0. The lowest BCUT2D eigenvalue weighted by atomic mass is 9.56. The first kappa shape index (κ1) is 21.4. The van der Waals surface area contributed by atoms with Crippen molar-refractivity contribution < 1.29 is 9.18 Å². The van der Waals surface area contributed by atoms with Crippen molar-refractivity contribution in [2.24, 2.45) is 5.41 Å². The Kier molecular flexibility index (Phi) is 5.64. The third-order valence-electron chi connectivity index (χ3n) is 7.40. The molecule has 1 aliphatic heterocycles. The Morgan fingerprint density at radius 1 is 1.16 bits per heavy atom. The Morgan fingerprint density at radius 3 is 2.59 bits per heavy atom. The number of amides is 1. The number of nitrogens with zero attached hydrogens (tertiary/aromatic N) is 3. The van der Waals surface area contributed by atoms with Gasteiger partial charge in [-0.2, -0.15) is 0 Å². The molecule has 0 bridgehead atoms. The first-order chi connectivity index (χ1) is 15.4. The molecule has 2 aromatic carbocycles. The summed E-state index contributed by atoms with van der Waals surface area (Å²) in [6, 6.07) is 14.3. The molecular formula is C26H27ClFN3O. The predicted octanol–water partition coefficient (Wildman–Crippen LogP) is 5.65. The molecule has 1 aliphatic carbocycles. The lowest BCUT2D eigenvalue weighted by molar-refractivity contribution is -0.120. The highest BCUT2D eigenvalue weighted by Gasteiger charge is 2.46. The van der Waals surface area contributed by atoms with Crippen LogP contribution in [0.4, 0.5) is 10.1 Å². The first-order valence-electron chi connectivity index (χ1n) is 11.2. The molecule has 0 unspecified atom stereocenters. The van der Waals surface area contributed by atoms with E-state index in [1.807, 2.05) is 25.4 Å². The van der Waals surface area contributed by atoms with Gasteiger partial charge in [0.05, 0.1) is 12.1 Å². The lowest BCUT2D eigenvalue weighted by Gasteiger charge is -2.52. The summed E-state index contributed by atoms with van der Waals surface area (Å²) in [5, 5.41) is 1.61. The Hall–Kier alpha value is -2.50. The van der Waals surface area contributed by atoms with E-state index in [4.69, 9.17) is 11.6 Å². The summed E-state index contributed by atoms with van der Waals surface area (Å²) < 4.78 is 13.8. The van der Waals surface area contributed by atoms with Crippen LogP contribution in [-0.2, 0) is 4.79 Å². The normalized spacial score (nSPS) is 18.6. The van der Waals surface area contributed by atoms with Gasteiger partial charge in [0, 0.05) is 29.3 Å². The van der Waals surface area contributed by atoms with E-state index in [-0.39, 0.29) is 11.7 Å². The summed E-state index contributed by atoms with van der Waals surface area (Å²) in [7, 11) is 1.81. The number of halogens is 2. The van der Waals surface area contributed by atoms with Crippen molar-refractivity contribution in [3.63, 3.8) is 0 Å². The molecule has 3 aromatic rings. The van der Waals surface area contributed by atoms with Gasteiger partial charge in [0.2, 0.25) is 5.91 Å². The molecule has 0 atom stereocenters. The van der Waals surface area contributed by atoms with Crippen molar-refractivity contribution in [2.75, 3.05) is 31.6 Å². The average Bonchev–Trinajstić information content (AvgIpc) is 2.78. The van der Waals surface area contributed by atoms with Gasteiger partial charge in [-0.05, 0) is 104 Å². The number of benzene rings is 2. The standard InChI is InChI=1S/C26H27ClFN3O/c1-30(21-5-2-19(27)3-6-21)25(32)17-31-12-9-26(10-13-31)15-18(16-26)22-8-11-29-24-7-4-20(28)14-23(22)24/h2-8,11,14,18H,9-10,12-13,15-17H2,1H3. The number of aromatic nitrogens is 1. The third kappa shape index (κ3) is 4.12. The van der Waals surface area contributed by atoms with Crippen LogP contribution in [0.5, 0.6) is 0 Å². The molecule has 2 fully saturated rings. The van der Waals surface area contributed by atoms with Crippen LogP contribution < -0.4 is 4.90 Å². The molecule has 0 radical (unpaired) electrons. The summed E-state index contributed by atoms with van der Waals surface area (Å²) in [6.45, 7) is 2.32. The maximum atomic E-state index is 13.8. The number of anilines is 1. The van der Waals surface area contributed by atoms with Crippen molar-refractivity contribution in [3.8, 4) is 0 Å². The van der Waals surface area contributed by atoms with Gasteiger partial charge < -0.3 is 4.90 Å². The zero-order valence-electron chi connectivity index (χ0n) is 18.2. The highest BCUT2D eigenvalue weighted by molar-refractivity contribution is 6.30. The van der Waals surface area contributed by atoms with Crippen LogP contribution in [0.2, 0.25) is 5.02 Å². The second-order valence-corrected chi connectivity index (χ2v) is 9.81. The van der Waals surface area contributed by atoms with Gasteiger partial charge >= 0.3 is 0 Å². The molecule has 2 aliphatic rings. The quantitative estimate of drug-likeness (QED) is 0.514. The smallest absolute Gasteiger partial charge is 0.240 e. The molecule has 6 heteroatoms. The topological polar surface area (TPSA) is 36.4 Å². The average molecular weight is 452 g/mol. The van der Waals surface area contributed by atoms with Gasteiger partial charge in [-0.3, -0.25) is 14.7 Å². The fraction of sp³-hybridized carbons (Fsp3) is 0.385. The highest BCUT2D eigenvalue weighted by Crippen LogP contribution is 2.57. The van der Waals surface area contributed by atoms with Crippen molar-refractivity contribution in [1.29, 1.82) is 0 Å². The van der Waals surface area contributed by atoms with Crippen LogP contribution >= 0.6 is 11.6 Å². The molecule has 1 saturated carbocycles. The number of piperidine rings is 1. The van der Waals surface area contributed by atoms with Crippen molar-refractivity contribution in [1.82, 2.24) is 9.88 Å². The molecule has 4 nitrogen and oxygen atoms in total. The van der Waals surface area contributed by atoms with E-state index in [1.165, 1.54) is 11.6 Å². The number of carbonyl (C=O) groups is 1. The van der Waals surface area contributed by atoms with E-state index >= 15 is 0 Å². The zero-order chi connectivity index (χ0) is 22.3. The maximum Gasteiger partial charge on any atom is 0.240 e. The molecule has 1 amide bonds. The van der Waals surface area contributed by atoms with Crippen molar-refractivity contribution in [2.45, 2.75) is 31.6 Å². The number of carbonyl (C=O) groups excluding carboxylic acids is 1. The van der Waals surface area contributed by atoms with Gasteiger partial charge in [-0.15, -0.1) is 0 Å². The Morgan fingerprint density at radius 2 is 1.88 bits per heavy atom. The van der Waals surface area contributed by atoms with E-state index < -0.39 is 0 Å². The number of likely N-dealkylation sites (N-methyl/N-ethyl adjacent to an activating group) is 1. The Balaban J connectivity index is 1.17. The maximum absolute atomic E-state index is 13.8. The van der Waals surface area contributed by atoms with E-state index in [0.717, 1.165) is 55.4 Å². The second kappa shape index (κ2) is 8.45. The van der Waals surface area contributed by atoms with Crippen LogP contribution in [0.1, 0.15) is 37.2 Å².